The first-order valence-corrected chi connectivity index (χ1v) is 14.3. The van der Waals surface area contributed by atoms with Gasteiger partial charge in [-0.2, -0.15) is 0 Å². The highest BCUT2D eigenvalue weighted by Crippen LogP contribution is 2.25. The van der Waals surface area contributed by atoms with Crippen LogP contribution in [0.15, 0.2) is 48.8 Å². The Morgan fingerprint density at radius 3 is 2.11 bits per heavy atom. The fourth-order valence-electron chi connectivity index (χ4n) is 4.55. The Morgan fingerprint density at radius 1 is 0.889 bits per heavy atom. The van der Waals surface area contributed by atoms with E-state index in [4.69, 9.17) is 4.98 Å². The van der Waals surface area contributed by atoms with Crippen LogP contribution in [-0.4, -0.2) is 39.2 Å². The molecule has 0 amide bonds. The molecular formula is C32H49N3O. The molecular weight excluding hydrogens is 442 g/mol. The fraction of sp³-hybridized carbons (Fsp3) is 0.562. The summed E-state index contributed by atoms with van der Waals surface area (Å²) in [6.07, 6.45) is 15.3. The van der Waals surface area contributed by atoms with Crippen LogP contribution in [0.4, 0.5) is 0 Å². The average Bonchev–Trinajstić information content (AvgIpc) is 2.92. The van der Waals surface area contributed by atoms with Gasteiger partial charge in [-0.3, -0.25) is 9.88 Å². The molecule has 198 valence electrons. The van der Waals surface area contributed by atoms with Gasteiger partial charge >= 0.3 is 0 Å². The third-order valence-electron chi connectivity index (χ3n) is 6.70. The number of piperidine rings is 1. The molecule has 36 heavy (non-hydrogen) atoms. The average molecular weight is 492 g/mol. The lowest BCUT2D eigenvalue weighted by Crippen LogP contribution is -2.35. The van der Waals surface area contributed by atoms with Crippen molar-refractivity contribution in [2.45, 2.75) is 105 Å². The van der Waals surface area contributed by atoms with Crippen molar-refractivity contribution in [3.63, 3.8) is 0 Å². The summed E-state index contributed by atoms with van der Waals surface area (Å²) >= 11 is 0. The van der Waals surface area contributed by atoms with Crippen molar-refractivity contribution in [2.24, 2.45) is 0 Å². The first-order valence-electron chi connectivity index (χ1n) is 14.3. The summed E-state index contributed by atoms with van der Waals surface area (Å²) in [5.74, 6) is 0. The van der Waals surface area contributed by atoms with E-state index in [-0.39, 0.29) is 6.10 Å². The highest BCUT2D eigenvalue weighted by molar-refractivity contribution is 5.82. The largest absolute Gasteiger partial charge is 0.393 e. The van der Waals surface area contributed by atoms with Crippen molar-refractivity contribution < 1.29 is 5.11 Å². The minimum absolute atomic E-state index is 0.115. The number of hydrogen-bond acceptors (Lipinski definition) is 4. The maximum absolute atomic E-state index is 9.62. The van der Waals surface area contributed by atoms with E-state index in [0.29, 0.717) is 0 Å². The smallest absolute Gasteiger partial charge is 0.0740 e. The summed E-state index contributed by atoms with van der Waals surface area (Å²) in [5, 5.41) is 10.7. The lowest BCUT2D eigenvalue weighted by Gasteiger charge is -2.29. The quantitative estimate of drug-likeness (QED) is 0.306. The summed E-state index contributed by atoms with van der Waals surface area (Å²) < 4.78 is 0. The van der Waals surface area contributed by atoms with E-state index in [1.807, 2.05) is 26.1 Å². The number of nitrogens with zero attached hydrogens (tertiary/aromatic N) is 3. The van der Waals surface area contributed by atoms with E-state index in [1.165, 1.54) is 56.1 Å². The lowest BCUT2D eigenvalue weighted by atomic mass is 10.0. The fourth-order valence-corrected chi connectivity index (χ4v) is 4.55. The standard InChI is InChI=1S/C21H23N3O.C9H20.C2H6/c1-15-12-18-13-22-9-6-20(18)23-21(15)17-4-2-16(3-5-17)14-24-10-7-19(25)8-11-24;1-3-5-7-9-8-6-4-2;1-2/h2-6,9,12-13,19,25H,7-8,10-11,14H2,1H3;3-9H2,1-2H3;1-2H3. The van der Waals surface area contributed by atoms with Gasteiger partial charge in [-0.25, -0.2) is 4.98 Å². The molecule has 0 atom stereocenters. The summed E-state index contributed by atoms with van der Waals surface area (Å²) in [5.41, 5.74) is 5.63. The molecule has 1 aliphatic heterocycles. The molecule has 0 saturated carbocycles. The van der Waals surface area contributed by atoms with Crippen LogP contribution in [0.5, 0.6) is 0 Å². The van der Waals surface area contributed by atoms with Crippen LogP contribution < -0.4 is 0 Å². The van der Waals surface area contributed by atoms with E-state index in [1.54, 1.807) is 6.20 Å². The maximum atomic E-state index is 9.62. The minimum atomic E-state index is -0.115. The number of likely N-dealkylation sites (tertiary alicyclic amines) is 1. The molecule has 1 saturated heterocycles. The number of unbranched alkanes of at least 4 members (excludes halogenated alkanes) is 6. The second-order valence-corrected chi connectivity index (χ2v) is 9.69. The SMILES string of the molecule is CC.CCCCCCCCC.Cc1cc2cnccc2nc1-c1ccc(CN2CCC(O)CC2)cc1. The van der Waals surface area contributed by atoms with Crippen molar-refractivity contribution in [1.82, 2.24) is 14.9 Å². The predicted octanol–water partition coefficient (Wildman–Crippen LogP) is 8.35. The van der Waals surface area contributed by atoms with Crippen molar-refractivity contribution in [1.29, 1.82) is 0 Å². The Labute approximate surface area is 220 Å². The molecule has 4 heteroatoms. The Morgan fingerprint density at radius 2 is 1.50 bits per heavy atom. The van der Waals surface area contributed by atoms with Crippen LogP contribution in [0.1, 0.15) is 96.6 Å². The maximum Gasteiger partial charge on any atom is 0.0740 e. The third-order valence-corrected chi connectivity index (χ3v) is 6.70. The molecule has 0 bridgehead atoms. The molecule has 1 fully saturated rings. The van der Waals surface area contributed by atoms with E-state index in [0.717, 1.165) is 54.6 Å². The number of fused-ring (bicyclic) bond motifs is 1. The van der Waals surface area contributed by atoms with Gasteiger partial charge in [0.05, 0.1) is 17.3 Å². The van der Waals surface area contributed by atoms with Crippen LogP contribution in [0.3, 0.4) is 0 Å². The van der Waals surface area contributed by atoms with E-state index in [9.17, 15) is 5.11 Å². The zero-order valence-electron chi connectivity index (χ0n) is 23.5. The molecule has 4 nitrogen and oxygen atoms in total. The molecule has 3 aromatic rings. The van der Waals surface area contributed by atoms with Gasteiger partial charge in [0, 0.05) is 43.0 Å². The van der Waals surface area contributed by atoms with Crippen LogP contribution in [-0.2, 0) is 6.54 Å². The first kappa shape index (κ1) is 29.9. The van der Waals surface area contributed by atoms with Gasteiger partial charge in [-0.1, -0.05) is 96.9 Å². The highest BCUT2D eigenvalue weighted by atomic mass is 16.3. The lowest BCUT2D eigenvalue weighted by molar-refractivity contribution is 0.0792. The molecule has 3 heterocycles. The second kappa shape index (κ2) is 17.2. The zero-order chi connectivity index (χ0) is 26.2. The number of aliphatic hydroxyl groups is 1. The molecule has 1 aliphatic rings. The molecule has 4 rings (SSSR count). The van der Waals surface area contributed by atoms with Gasteiger partial charge in [0.2, 0.25) is 0 Å². The summed E-state index contributed by atoms with van der Waals surface area (Å²) in [4.78, 5) is 11.4. The molecule has 0 aliphatic carbocycles. The number of hydrogen-bond donors (Lipinski definition) is 1. The number of benzene rings is 1. The molecule has 2 aromatic heterocycles. The molecule has 0 unspecified atom stereocenters. The van der Waals surface area contributed by atoms with Gasteiger partial charge < -0.3 is 5.11 Å². The number of aliphatic hydroxyl groups excluding tert-OH is 1. The normalized spacial score (nSPS) is 14.1. The topological polar surface area (TPSA) is 49.2 Å². The van der Waals surface area contributed by atoms with Crippen LogP contribution in [0, 0.1) is 6.92 Å². The molecule has 1 aromatic carbocycles. The number of pyridine rings is 2. The third kappa shape index (κ3) is 9.99. The zero-order valence-corrected chi connectivity index (χ0v) is 23.5. The Kier molecular flexibility index (Phi) is 14.3. The van der Waals surface area contributed by atoms with Crippen LogP contribution in [0.25, 0.3) is 22.2 Å². The number of aryl methyl sites for hydroxylation is 1. The Balaban J connectivity index is 0.000000354. The van der Waals surface area contributed by atoms with E-state index < -0.39 is 0 Å². The van der Waals surface area contributed by atoms with Crippen molar-refractivity contribution >= 4 is 10.9 Å². The van der Waals surface area contributed by atoms with Crippen molar-refractivity contribution in [3.8, 4) is 11.3 Å². The van der Waals surface area contributed by atoms with E-state index >= 15 is 0 Å². The number of aromatic nitrogens is 2. The van der Waals surface area contributed by atoms with Gasteiger partial charge in [0.1, 0.15) is 0 Å². The van der Waals surface area contributed by atoms with Crippen molar-refractivity contribution in [3.05, 3.63) is 59.9 Å². The van der Waals surface area contributed by atoms with Gasteiger partial charge in [-0.15, -0.1) is 0 Å². The number of rotatable bonds is 9. The summed E-state index contributed by atoms with van der Waals surface area (Å²) in [7, 11) is 0. The molecule has 1 N–H and O–H groups in total. The minimum Gasteiger partial charge on any atom is -0.393 e. The summed E-state index contributed by atoms with van der Waals surface area (Å²) in [6, 6.07) is 12.8. The molecule has 0 spiro atoms. The van der Waals surface area contributed by atoms with Crippen LogP contribution in [0.2, 0.25) is 0 Å². The van der Waals surface area contributed by atoms with Crippen LogP contribution >= 0.6 is 0 Å². The van der Waals surface area contributed by atoms with Crippen molar-refractivity contribution in [2.75, 3.05) is 13.1 Å². The monoisotopic (exact) mass is 491 g/mol. The van der Waals surface area contributed by atoms with Gasteiger partial charge in [0.15, 0.2) is 0 Å². The highest BCUT2D eigenvalue weighted by Gasteiger charge is 2.17. The Bertz CT molecular complexity index is 972. The first-order chi connectivity index (χ1) is 17.6. The Hall–Kier alpha value is -2.30. The van der Waals surface area contributed by atoms with Gasteiger partial charge in [-0.05, 0) is 43.0 Å². The molecule has 0 radical (unpaired) electrons. The van der Waals surface area contributed by atoms with E-state index in [2.05, 4.69) is 61.0 Å². The van der Waals surface area contributed by atoms with Gasteiger partial charge in [0.25, 0.3) is 0 Å². The second-order valence-electron chi connectivity index (χ2n) is 9.69. The summed E-state index contributed by atoms with van der Waals surface area (Å²) in [6.45, 7) is 13.5. The predicted molar refractivity (Wildman–Crippen MR) is 155 cm³/mol.